The van der Waals surface area contributed by atoms with Crippen LogP contribution in [0.5, 0.6) is 11.5 Å². The Hall–Kier alpha value is -2.86. The van der Waals surface area contributed by atoms with Gasteiger partial charge in [0.15, 0.2) is 6.29 Å². The van der Waals surface area contributed by atoms with Gasteiger partial charge in [0.2, 0.25) is 0 Å². The number of benzene rings is 3. The van der Waals surface area contributed by atoms with Crippen LogP contribution in [-0.4, -0.2) is 23.9 Å². The van der Waals surface area contributed by atoms with Crippen LogP contribution in [0.2, 0.25) is 0 Å². The zero-order valence-corrected chi connectivity index (χ0v) is 15.7. The van der Waals surface area contributed by atoms with Gasteiger partial charge >= 0.3 is 0 Å². The van der Waals surface area contributed by atoms with E-state index in [1.165, 1.54) is 0 Å². The standard InChI is InChI=1S/C23H24O5/c1-26-20-11-7-18(8-12-20)22(24)16-27-21-13-9-19(10-14-21)23(25)28-15-17-5-3-2-4-6-17/h2-14,22-25H,15-16H2,1H3. The van der Waals surface area contributed by atoms with E-state index in [0.717, 1.165) is 16.9 Å². The van der Waals surface area contributed by atoms with Gasteiger partial charge in [-0.1, -0.05) is 54.6 Å². The highest BCUT2D eigenvalue weighted by Gasteiger charge is 2.11. The van der Waals surface area contributed by atoms with Gasteiger partial charge in [-0.3, -0.25) is 0 Å². The van der Waals surface area contributed by atoms with Crippen molar-refractivity contribution in [2.75, 3.05) is 13.7 Å². The molecule has 0 heterocycles. The van der Waals surface area contributed by atoms with Crippen LogP contribution in [-0.2, 0) is 11.3 Å². The molecule has 2 atom stereocenters. The minimum Gasteiger partial charge on any atom is -0.497 e. The van der Waals surface area contributed by atoms with Crippen molar-refractivity contribution >= 4 is 0 Å². The lowest BCUT2D eigenvalue weighted by Gasteiger charge is -2.15. The van der Waals surface area contributed by atoms with E-state index < -0.39 is 12.4 Å². The highest BCUT2D eigenvalue weighted by atomic mass is 16.6. The molecule has 28 heavy (non-hydrogen) atoms. The second kappa shape index (κ2) is 9.90. The zero-order valence-electron chi connectivity index (χ0n) is 15.7. The lowest BCUT2D eigenvalue weighted by Crippen LogP contribution is -2.10. The molecule has 5 nitrogen and oxygen atoms in total. The van der Waals surface area contributed by atoms with Gasteiger partial charge < -0.3 is 24.4 Å². The number of hydrogen-bond donors (Lipinski definition) is 2. The van der Waals surface area contributed by atoms with Gasteiger partial charge in [0.05, 0.1) is 13.7 Å². The van der Waals surface area contributed by atoms with Crippen molar-refractivity contribution in [2.45, 2.75) is 19.0 Å². The van der Waals surface area contributed by atoms with Gasteiger partial charge in [0, 0.05) is 5.56 Å². The maximum atomic E-state index is 10.2. The summed E-state index contributed by atoms with van der Waals surface area (Å²) in [6.07, 6.45) is -1.76. The fraction of sp³-hybridized carbons (Fsp3) is 0.217. The molecule has 0 spiro atoms. The number of rotatable bonds is 9. The van der Waals surface area contributed by atoms with Crippen LogP contribution in [0.3, 0.4) is 0 Å². The molecule has 0 aliphatic heterocycles. The molecule has 0 amide bonds. The summed E-state index contributed by atoms with van der Waals surface area (Å²) in [7, 11) is 1.60. The SMILES string of the molecule is COc1ccc(C(O)COc2ccc(C(O)OCc3ccccc3)cc2)cc1. The predicted molar refractivity (Wildman–Crippen MR) is 106 cm³/mol. The molecule has 0 aliphatic rings. The third-order valence-corrected chi connectivity index (χ3v) is 4.32. The van der Waals surface area contributed by atoms with Gasteiger partial charge in [-0.05, 0) is 35.4 Å². The first-order valence-electron chi connectivity index (χ1n) is 9.04. The minimum absolute atomic E-state index is 0.124. The van der Waals surface area contributed by atoms with Gasteiger partial charge in [0.25, 0.3) is 0 Å². The van der Waals surface area contributed by atoms with Crippen molar-refractivity contribution in [3.05, 3.63) is 95.6 Å². The number of methoxy groups -OCH3 is 1. The first-order chi connectivity index (χ1) is 13.7. The van der Waals surface area contributed by atoms with Gasteiger partial charge in [0.1, 0.15) is 24.2 Å². The molecule has 3 aromatic rings. The van der Waals surface area contributed by atoms with Gasteiger partial charge in [-0.15, -0.1) is 0 Å². The van der Waals surface area contributed by atoms with Crippen molar-refractivity contribution in [3.8, 4) is 11.5 Å². The molecular formula is C23H24O5. The summed E-state index contributed by atoms with van der Waals surface area (Å²) in [6, 6.07) is 23.8. The van der Waals surface area contributed by atoms with Crippen molar-refractivity contribution < 1.29 is 24.4 Å². The fourth-order valence-corrected chi connectivity index (χ4v) is 2.67. The largest absolute Gasteiger partial charge is 0.497 e. The molecule has 0 saturated heterocycles. The molecule has 0 aromatic heterocycles. The van der Waals surface area contributed by atoms with Crippen LogP contribution in [0.15, 0.2) is 78.9 Å². The van der Waals surface area contributed by atoms with Crippen molar-refractivity contribution in [1.82, 2.24) is 0 Å². The Bertz CT molecular complexity index is 831. The highest BCUT2D eigenvalue weighted by molar-refractivity contribution is 5.30. The average molecular weight is 380 g/mol. The molecule has 146 valence electrons. The maximum absolute atomic E-state index is 10.2. The normalized spacial score (nSPS) is 13.0. The minimum atomic E-state index is -1.01. The molecule has 2 N–H and O–H groups in total. The van der Waals surface area contributed by atoms with E-state index in [0.29, 0.717) is 17.9 Å². The Balaban J connectivity index is 1.49. The first-order valence-corrected chi connectivity index (χ1v) is 9.04. The summed E-state index contributed by atoms with van der Waals surface area (Å²) in [6.45, 7) is 0.451. The predicted octanol–water partition coefficient (Wildman–Crippen LogP) is 4.02. The third-order valence-electron chi connectivity index (χ3n) is 4.32. The molecule has 0 bridgehead atoms. The molecule has 5 heteroatoms. The van der Waals surface area contributed by atoms with E-state index in [1.54, 1.807) is 55.6 Å². The smallest absolute Gasteiger partial charge is 0.181 e. The Morgan fingerprint density at radius 2 is 1.36 bits per heavy atom. The lowest BCUT2D eigenvalue weighted by molar-refractivity contribution is -0.111. The molecule has 0 aliphatic carbocycles. The second-order valence-electron chi connectivity index (χ2n) is 6.32. The molecule has 0 saturated carbocycles. The monoisotopic (exact) mass is 380 g/mol. The second-order valence-corrected chi connectivity index (χ2v) is 6.32. The first kappa shape index (κ1) is 19.9. The van der Waals surface area contributed by atoms with Crippen LogP contribution < -0.4 is 9.47 Å². The fourth-order valence-electron chi connectivity index (χ4n) is 2.67. The van der Waals surface area contributed by atoms with E-state index >= 15 is 0 Å². The topological polar surface area (TPSA) is 68.2 Å². The summed E-state index contributed by atoms with van der Waals surface area (Å²) >= 11 is 0. The lowest BCUT2D eigenvalue weighted by atomic mass is 10.1. The summed E-state index contributed by atoms with van der Waals surface area (Å²) in [4.78, 5) is 0. The number of aliphatic hydroxyl groups is 2. The quantitative estimate of drug-likeness (QED) is 0.549. The maximum Gasteiger partial charge on any atom is 0.181 e. The van der Waals surface area contributed by atoms with Gasteiger partial charge in [-0.2, -0.15) is 0 Å². The third kappa shape index (κ3) is 5.57. The molecular weight excluding hydrogens is 356 g/mol. The Morgan fingerprint density at radius 1 is 0.750 bits per heavy atom. The number of hydrogen-bond acceptors (Lipinski definition) is 5. The van der Waals surface area contributed by atoms with Crippen molar-refractivity contribution in [1.29, 1.82) is 0 Å². The van der Waals surface area contributed by atoms with Crippen LogP contribution >= 0.6 is 0 Å². The molecule has 3 rings (SSSR count). The zero-order chi connectivity index (χ0) is 19.8. The van der Waals surface area contributed by atoms with E-state index in [9.17, 15) is 10.2 Å². The van der Waals surface area contributed by atoms with E-state index in [4.69, 9.17) is 14.2 Å². The van der Waals surface area contributed by atoms with Crippen molar-refractivity contribution in [2.24, 2.45) is 0 Å². The number of ether oxygens (including phenoxy) is 3. The molecule has 0 fully saturated rings. The summed E-state index contributed by atoms with van der Waals surface area (Å²) in [5.74, 6) is 1.34. The van der Waals surface area contributed by atoms with Crippen LogP contribution in [0.4, 0.5) is 0 Å². The molecule has 3 aromatic carbocycles. The Labute approximate surface area is 164 Å². The summed E-state index contributed by atoms with van der Waals surface area (Å²) in [5, 5.41) is 20.4. The Kier molecular flexibility index (Phi) is 7.03. The molecule has 0 radical (unpaired) electrons. The van der Waals surface area contributed by atoms with E-state index in [2.05, 4.69) is 0 Å². The molecule has 2 unspecified atom stereocenters. The van der Waals surface area contributed by atoms with E-state index in [1.807, 2.05) is 30.3 Å². The van der Waals surface area contributed by atoms with Crippen LogP contribution in [0, 0.1) is 0 Å². The average Bonchev–Trinajstić information content (AvgIpc) is 2.77. The van der Waals surface area contributed by atoms with Gasteiger partial charge in [-0.25, -0.2) is 0 Å². The van der Waals surface area contributed by atoms with E-state index in [-0.39, 0.29) is 6.61 Å². The van der Waals surface area contributed by atoms with Crippen LogP contribution in [0.1, 0.15) is 29.1 Å². The summed E-state index contributed by atoms with van der Waals surface area (Å²) < 4.78 is 16.2. The Morgan fingerprint density at radius 3 is 2.00 bits per heavy atom. The van der Waals surface area contributed by atoms with Crippen LogP contribution in [0.25, 0.3) is 0 Å². The summed E-state index contributed by atoms with van der Waals surface area (Å²) in [5.41, 5.74) is 2.38. The number of aliphatic hydroxyl groups excluding tert-OH is 2. The van der Waals surface area contributed by atoms with Crippen molar-refractivity contribution in [3.63, 3.8) is 0 Å². The highest BCUT2D eigenvalue weighted by Crippen LogP contribution is 2.22.